The molecule has 2 aromatic rings. The number of hydrogen-bond acceptors (Lipinski definition) is 5. The van der Waals surface area contributed by atoms with Gasteiger partial charge in [0.1, 0.15) is 17.4 Å². The SMILES string of the molecule is C#CCOc1ccc(CCNC(=O)Nc2nnc(C(C)(C)C)s2)cc1. The molecule has 0 aliphatic heterocycles. The lowest BCUT2D eigenvalue weighted by Gasteiger charge is -2.12. The Balaban J connectivity index is 1.75. The standard InChI is InChI=1S/C18H22N4O2S/c1-5-12-24-14-8-6-13(7-9-14)10-11-19-16(23)20-17-22-21-15(25-17)18(2,3)4/h1,6-9H,10-12H2,2-4H3,(H2,19,20,22,23). The molecule has 1 aromatic heterocycles. The van der Waals surface area contributed by atoms with E-state index in [1.807, 2.05) is 24.3 Å². The molecular formula is C18H22N4O2S. The molecule has 1 aromatic carbocycles. The van der Waals surface area contributed by atoms with Crippen molar-refractivity contribution in [2.75, 3.05) is 18.5 Å². The third-order valence-electron chi connectivity index (χ3n) is 3.23. The van der Waals surface area contributed by atoms with Crippen LogP contribution in [0.5, 0.6) is 5.75 Å². The molecule has 6 nitrogen and oxygen atoms in total. The predicted octanol–water partition coefficient (Wildman–Crippen LogP) is 3.21. The van der Waals surface area contributed by atoms with Crippen LogP contribution in [-0.2, 0) is 11.8 Å². The first-order valence-corrected chi connectivity index (χ1v) is 8.74. The number of urea groups is 1. The van der Waals surface area contributed by atoms with Crippen LogP contribution in [0.3, 0.4) is 0 Å². The number of ether oxygens (including phenoxy) is 1. The Bertz CT molecular complexity index is 742. The monoisotopic (exact) mass is 358 g/mol. The van der Waals surface area contributed by atoms with Gasteiger partial charge in [-0.05, 0) is 24.1 Å². The smallest absolute Gasteiger partial charge is 0.321 e. The van der Waals surface area contributed by atoms with Gasteiger partial charge in [0.2, 0.25) is 5.13 Å². The number of carbonyl (C=O) groups is 1. The fraction of sp³-hybridized carbons (Fsp3) is 0.389. The summed E-state index contributed by atoms with van der Waals surface area (Å²) in [6.07, 6.45) is 5.86. The van der Waals surface area contributed by atoms with Crippen LogP contribution in [0.25, 0.3) is 0 Å². The quantitative estimate of drug-likeness (QED) is 0.778. The fourth-order valence-corrected chi connectivity index (χ4v) is 2.71. The van der Waals surface area contributed by atoms with Crippen molar-refractivity contribution < 1.29 is 9.53 Å². The third kappa shape index (κ3) is 6.08. The summed E-state index contributed by atoms with van der Waals surface area (Å²) in [4.78, 5) is 11.9. The number of terminal acetylenes is 1. The van der Waals surface area contributed by atoms with Gasteiger partial charge in [-0.3, -0.25) is 5.32 Å². The number of nitrogens with zero attached hydrogens (tertiary/aromatic N) is 2. The molecule has 25 heavy (non-hydrogen) atoms. The summed E-state index contributed by atoms with van der Waals surface area (Å²) in [6.45, 7) is 6.94. The zero-order chi connectivity index (χ0) is 18.3. The van der Waals surface area contributed by atoms with Crippen LogP contribution in [0.2, 0.25) is 0 Å². The summed E-state index contributed by atoms with van der Waals surface area (Å²) in [7, 11) is 0. The molecule has 0 saturated heterocycles. The lowest BCUT2D eigenvalue weighted by atomic mass is 9.98. The lowest BCUT2D eigenvalue weighted by Crippen LogP contribution is -2.30. The van der Waals surface area contributed by atoms with Gasteiger partial charge in [-0.1, -0.05) is 50.2 Å². The van der Waals surface area contributed by atoms with Gasteiger partial charge in [0.25, 0.3) is 0 Å². The number of rotatable bonds is 6. The lowest BCUT2D eigenvalue weighted by molar-refractivity contribution is 0.252. The highest BCUT2D eigenvalue weighted by atomic mass is 32.1. The van der Waals surface area contributed by atoms with Crippen molar-refractivity contribution in [2.24, 2.45) is 0 Å². The van der Waals surface area contributed by atoms with Crippen LogP contribution in [0.15, 0.2) is 24.3 Å². The van der Waals surface area contributed by atoms with E-state index in [2.05, 4.69) is 47.5 Å². The molecule has 7 heteroatoms. The van der Waals surface area contributed by atoms with Crippen LogP contribution in [-0.4, -0.2) is 29.4 Å². The molecule has 0 atom stereocenters. The highest BCUT2D eigenvalue weighted by molar-refractivity contribution is 7.15. The summed E-state index contributed by atoms with van der Waals surface area (Å²) < 4.78 is 5.32. The van der Waals surface area contributed by atoms with Crippen molar-refractivity contribution in [3.05, 3.63) is 34.8 Å². The first-order valence-electron chi connectivity index (χ1n) is 7.92. The van der Waals surface area contributed by atoms with E-state index in [4.69, 9.17) is 11.2 Å². The van der Waals surface area contributed by atoms with Crippen molar-refractivity contribution in [1.82, 2.24) is 15.5 Å². The molecule has 0 aliphatic carbocycles. The average molecular weight is 358 g/mol. The summed E-state index contributed by atoms with van der Waals surface area (Å²) >= 11 is 1.38. The molecule has 2 amide bonds. The molecular weight excluding hydrogens is 336 g/mol. The van der Waals surface area contributed by atoms with Crippen LogP contribution in [0.4, 0.5) is 9.93 Å². The Hall–Kier alpha value is -2.59. The van der Waals surface area contributed by atoms with Gasteiger partial charge in [0.15, 0.2) is 0 Å². The zero-order valence-corrected chi connectivity index (χ0v) is 15.4. The summed E-state index contributed by atoms with van der Waals surface area (Å²) in [5.41, 5.74) is 1.02. The van der Waals surface area contributed by atoms with Crippen LogP contribution in [0, 0.1) is 12.3 Å². The predicted molar refractivity (Wildman–Crippen MR) is 100 cm³/mol. The van der Waals surface area contributed by atoms with Crippen molar-refractivity contribution in [1.29, 1.82) is 0 Å². The maximum atomic E-state index is 11.9. The largest absolute Gasteiger partial charge is 0.481 e. The minimum atomic E-state index is -0.286. The van der Waals surface area contributed by atoms with Gasteiger partial charge in [-0.25, -0.2) is 4.79 Å². The highest BCUT2D eigenvalue weighted by Gasteiger charge is 2.19. The average Bonchev–Trinajstić information content (AvgIpc) is 3.03. The van der Waals surface area contributed by atoms with E-state index in [-0.39, 0.29) is 18.1 Å². The summed E-state index contributed by atoms with van der Waals surface area (Å²) in [6, 6.07) is 7.34. The molecule has 2 N–H and O–H groups in total. The van der Waals surface area contributed by atoms with Crippen molar-refractivity contribution in [3.8, 4) is 18.1 Å². The maximum Gasteiger partial charge on any atom is 0.321 e. The van der Waals surface area contributed by atoms with E-state index < -0.39 is 0 Å². The first-order chi connectivity index (χ1) is 11.9. The zero-order valence-electron chi connectivity index (χ0n) is 14.6. The maximum absolute atomic E-state index is 11.9. The molecule has 2 rings (SSSR count). The van der Waals surface area contributed by atoms with E-state index in [0.717, 1.165) is 16.3 Å². The fourth-order valence-electron chi connectivity index (χ4n) is 1.92. The number of anilines is 1. The molecule has 132 valence electrons. The summed E-state index contributed by atoms with van der Waals surface area (Å²) in [5, 5.41) is 15.0. The van der Waals surface area contributed by atoms with Crippen molar-refractivity contribution in [2.45, 2.75) is 32.6 Å². The van der Waals surface area contributed by atoms with Crippen molar-refractivity contribution >= 4 is 22.5 Å². The minimum absolute atomic E-state index is 0.0792. The van der Waals surface area contributed by atoms with Gasteiger partial charge in [-0.2, -0.15) is 0 Å². The van der Waals surface area contributed by atoms with E-state index in [1.54, 1.807) is 0 Å². The van der Waals surface area contributed by atoms with Gasteiger partial charge < -0.3 is 10.1 Å². The Morgan fingerprint density at radius 1 is 1.28 bits per heavy atom. The van der Waals surface area contributed by atoms with E-state index >= 15 is 0 Å². The second-order valence-electron chi connectivity index (χ2n) is 6.43. The Morgan fingerprint density at radius 3 is 2.60 bits per heavy atom. The molecule has 0 unspecified atom stereocenters. The number of carbonyl (C=O) groups excluding carboxylic acids is 1. The number of amides is 2. The van der Waals surface area contributed by atoms with Gasteiger partial charge >= 0.3 is 6.03 Å². The van der Waals surface area contributed by atoms with Gasteiger partial charge in [0.05, 0.1) is 0 Å². The molecule has 0 bridgehead atoms. The molecule has 0 radical (unpaired) electrons. The van der Waals surface area contributed by atoms with E-state index in [1.165, 1.54) is 11.3 Å². The van der Waals surface area contributed by atoms with Crippen LogP contribution < -0.4 is 15.4 Å². The molecule has 0 spiro atoms. The minimum Gasteiger partial charge on any atom is -0.481 e. The number of aromatic nitrogens is 2. The summed E-state index contributed by atoms with van der Waals surface area (Å²) in [5.74, 6) is 3.16. The second kappa shape index (κ2) is 8.49. The normalized spacial score (nSPS) is 10.8. The molecule has 0 fully saturated rings. The van der Waals surface area contributed by atoms with Crippen molar-refractivity contribution in [3.63, 3.8) is 0 Å². The van der Waals surface area contributed by atoms with E-state index in [9.17, 15) is 4.79 Å². The topological polar surface area (TPSA) is 76.1 Å². The highest BCUT2D eigenvalue weighted by Crippen LogP contribution is 2.27. The number of benzene rings is 1. The molecule has 1 heterocycles. The number of nitrogens with one attached hydrogen (secondary N) is 2. The Kier molecular flexibility index (Phi) is 6.37. The Morgan fingerprint density at radius 2 is 2.00 bits per heavy atom. The number of hydrogen-bond donors (Lipinski definition) is 2. The van der Waals surface area contributed by atoms with Gasteiger partial charge in [0, 0.05) is 12.0 Å². The van der Waals surface area contributed by atoms with Gasteiger partial charge in [-0.15, -0.1) is 16.6 Å². The van der Waals surface area contributed by atoms with Crippen LogP contribution >= 0.6 is 11.3 Å². The second-order valence-corrected chi connectivity index (χ2v) is 7.41. The van der Waals surface area contributed by atoms with E-state index in [0.29, 0.717) is 18.1 Å². The first kappa shape index (κ1) is 18.7. The molecule has 0 saturated carbocycles. The molecule has 0 aliphatic rings. The van der Waals surface area contributed by atoms with Crippen LogP contribution in [0.1, 0.15) is 31.3 Å². The third-order valence-corrected chi connectivity index (χ3v) is 4.50. The Labute approximate surface area is 152 Å².